The van der Waals surface area contributed by atoms with Gasteiger partial charge in [0.15, 0.2) is 0 Å². The van der Waals surface area contributed by atoms with Gasteiger partial charge in [0.2, 0.25) is 5.91 Å². The van der Waals surface area contributed by atoms with Crippen molar-refractivity contribution >= 4 is 5.91 Å². The third-order valence-corrected chi connectivity index (χ3v) is 4.41. The van der Waals surface area contributed by atoms with Crippen molar-refractivity contribution < 1.29 is 9.53 Å². The summed E-state index contributed by atoms with van der Waals surface area (Å²) in [4.78, 5) is 13.9. The van der Waals surface area contributed by atoms with E-state index < -0.39 is 0 Å². The average molecular weight is 268 g/mol. The molecule has 0 spiro atoms. The van der Waals surface area contributed by atoms with Crippen LogP contribution in [0.1, 0.15) is 44.9 Å². The molecule has 0 unspecified atom stereocenters. The van der Waals surface area contributed by atoms with Crippen LogP contribution >= 0.6 is 0 Å². The molecule has 0 aromatic carbocycles. The predicted molar refractivity (Wildman–Crippen MR) is 76.1 cm³/mol. The normalized spacial score (nSPS) is 22.4. The fourth-order valence-corrected chi connectivity index (χ4v) is 3.12. The van der Waals surface area contributed by atoms with E-state index in [0.717, 1.165) is 32.5 Å². The zero-order valence-corrected chi connectivity index (χ0v) is 12.2. The summed E-state index contributed by atoms with van der Waals surface area (Å²) in [5, 5.41) is 3.30. The molecule has 1 aliphatic heterocycles. The summed E-state index contributed by atoms with van der Waals surface area (Å²) < 4.78 is 5.72. The number of likely N-dealkylation sites (N-methyl/N-ethyl adjacent to an activating group) is 1. The number of nitrogens with zero attached hydrogens (tertiary/aromatic N) is 1. The van der Waals surface area contributed by atoms with E-state index in [9.17, 15) is 4.79 Å². The Bertz CT molecular complexity index is 271. The molecule has 0 aromatic rings. The Labute approximate surface area is 116 Å². The monoisotopic (exact) mass is 268 g/mol. The van der Waals surface area contributed by atoms with Gasteiger partial charge in [-0.25, -0.2) is 0 Å². The number of carbonyl (C=O) groups is 1. The Balaban J connectivity index is 1.63. The highest BCUT2D eigenvalue weighted by Crippen LogP contribution is 2.24. The first-order valence-corrected chi connectivity index (χ1v) is 7.82. The molecule has 1 N–H and O–H groups in total. The summed E-state index contributed by atoms with van der Waals surface area (Å²) in [6.07, 6.45) is 8.93. The van der Waals surface area contributed by atoms with Gasteiger partial charge in [0, 0.05) is 13.6 Å². The van der Waals surface area contributed by atoms with E-state index in [0.29, 0.717) is 5.92 Å². The second-order valence-electron chi connectivity index (χ2n) is 6.04. The fourth-order valence-electron chi connectivity index (χ4n) is 3.12. The highest BCUT2D eigenvalue weighted by Gasteiger charge is 2.20. The minimum Gasteiger partial charge on any atom is -0.368 e. The standard InChI is InChI=1S/C15H28N2O2/c1-17(11-13-5-3-2-4-6-13)15(18)12-19-14-7-9-16-10-8-14/h13-14,16H,2-12H2,1H3. The van der Waals surface area contributed by atoms with Crippen LogP contribution in [0.25, 0.3) is 0 Å². The quantitative estimate of drug-likeness (QED) is 0.826. The molecule has 1 saturated carbocycles. The molecule has 4 heteroatoms. The SMILES string of the molecule is CN(CC1CCCCC1)C(=O)COC1CCNCC1. The number of carbonyl (C=O) groups excluding carboxylic acids is 1. The summed E-state index contributed by atoms with van der Waals surface area (Å²) in [6.45, 7) is 3.19. The number of nitrogens with one attached hydrogen (secondary N) is 1. The fraction of sp³-hybridized carbons (Fsp3) is 0.933. The molecule has 0 bridgehead atoms. The van der Waals surface area contributed by atoms with Gasteiger partial charge in [-0.15, -0.1) is 0 Å². The van der Waals surface area contributed by atoms with E-state index in [4.69, 9.17) is 4.74 Å². The molecule has 0 aromatic heterocycles. The van der Waals surface area contributed by atoms with Gasteiger partial charge in [0.05, 0.1) is 6.10 Å². The first kappa shape index (κ1) is 14.8. The van der Waals surface area contributed by atoms with Gasteiger partial charge in [-0.2, -0.15) is 0 Å². The van der Waals surface area contributed by atoms with Crippen LogP contribution in [0.3, 0.4) is 0 Å². The van der Waals surface area contributed by atoms with Gasteiger partial charge < -0.3 is 15.0 Å². The molecule has 2 fully saturated rings. The molecule has 110 valence electrons. The number of piperidine rings is 1. The van der Waals surface area contributed by atoms with Gasteiger partial charge in [-0.05, 0) is 44.7 Å². The maximum Gasteiger partial charge on any atom is 0.248 e. The van der Waals surface area contributed by atoms with Crippen molar-refractivity contribution in [3.63, 3.8) is 0 Å². The molecule has 0 radical (unpaired) electrons. The number of hydrogen-bond acceptors (Lipinski definition) is 3. The van der Waals surface area contributed by atoms with Crippen LogP contribution in [0, 0.1) is 5.92 Å². The van der Waals surface area contributed by atoms with Crippen molar-refractivity contribution in [3.8, 4) is 0 Å². The van der Waals surface area contributed by atoms with Crippen molar-refractivity contribution in [3.05, 3.63) is 0 Å². The first-order chi connectivity index (χ1) is 9.25. The third kappa shape index (κ3) is 5.11. The van der Waals surface area contributed by atoms with Crippen LogP contribution in [0.2, 0.25) is 0 Å². The third-order valence-electron chi connectivity index (χ3n) is 4.41. The Morgan fingerprint density at radius 2 is 1.84 bits per heavy atom. The lowest BCUT2D eigenvalue weighted by molar-refractivity contribution is -0.138. The topological polar surface area (TPSA) is 41.6 Å². The molecule has 19 heavy (non-hydrogen) atoms. The molecule has 1 saturated heterocycles. The molecule has 1 aliphatic carbocycles. The zero-order valence-electron chi connectivity index (χ0n) is 12.2. The number of hydrogen-bond donors (Lipinski definition) is 1. The Morgan fingerprint density at radius 1 is 1.16 bits per heavy atom. The van der Waals surface area contributed by atoms with Crippen LogP contribution in [0.4, 0.5) is 0 Å². The molecule has 2 aliphatic rings. The largest absolute Gasteiger partial charge is 0.368 e. The average Bonchev–Trinajstić information content (AvgIpc) is 2.47. The van der Waals surface area contributed by atoms with E-state index in [1.165, 1.54) is 32.1 Å². The predicted octanol–water partition coefficient (Wildman–Crippen LogP) is 1.79. The van der Waals surface area contributed by atoms with E-state index in [-0.39, 0.29) is 18.6 Å². The van der Waals surface area contributed by atoms with E-state index >= 15 is 0 Å². The molecule has 2 rings (SSSR count). The summed E-state index contributed by atoms with van der Waals surface area (Å²) in [6, 6.07) is 0. The summed E-state index contributed by atoms with van der Waals surface area (Å²) in [5.41, 5.74) is 0. The van der Waals surface area contributed by atoms with E-state index in [1.807, 2.05) is 11.9 Å². The Morgan fingerprint density at radius 3 is 2.53 bits per heavy atom. The Hall–Kier alpha value is -0.610. The smallest absolute Gasteiger partial charge is 0.248 e. The minimum absolute atomic E-state index is 0.143. The summed E-state index contributed by atoms with van der Waals surface area (Å²) in [7, 11) is 1.92. The molecular weight excluding hydrogens is 240 g/mol. The lowest BCUT2D eigenvalue weighted by atomic mass is 9.89. The maximum atomic E-state index is 12.0. The molecule has 1 heterocycles. The van der Waals surface area contributed by atoms with Crippen LogP contribution in [0.15, 0.2) is 0 Å². The van der Waals surface area contributed by atoms with Gasteiger partial charge >= 0.3 is 0 Å². The first-order valence-electron chi connectivity index (χ1n) is 7.82. The van der Waals surface area contributed by atoms with Crippen molar-refractivity contribution in [1.29, 1.82) is 0 Å². The molecule has 1 amide bonds. The summed E-state index contributed by atoms with van der Waals surface area (Å²) in [5.74, 6) is 0.852. The second-order valence-corrected chi connectivity index (χ2v) is 6.04. The lowest BCUT2D eigenvalue weighted by Gasteiger charge is -2.28. The van der Waals surface area contributed by atoms with Crippen LogP contribution in [-0.2, 0) is 9.53 Å². The minimum atomic E-state index is 0.143. The van der Waals surface area contributed by atoms with Crippen LogP contribution in [0.5, 0.6) is 0 Å². The maximum absolute atomic E-state index is 12.0. The van der Waals surface area contributed by atoms with Crippen molar-refractivity contribution in [2.45, 2.75) is 51.0 Å². The van der Waals surface area contributed by atoms with E-state index in [1.54, 1.807) is 0 Å². The van der Waals surface area contributed by atoms with Gasteiger partial charge in [-0.3, -0.25) is 4.79 Å². The summed E-state index contributed by atoms with van der Waals surface area (Å²) >= 11 is 0. The van der Waals surface area contributed by atoms with Crippen molar-refractivity contribution in [2.75, 3.05) is 33.3 Å². The van der Waals surface area contributed by atoms with Crippen LogP contribution in [-0.4, -0.2) is 50.2 Å². The molecule has 0 atom stereocenters. The second kappa shape index (κ2) is 7.85. The number of rotatable bonds is 5. The highest BCUT2D eigenvalue weighted by atomic mass is 16.5. The van der Waals surface area contributed by atoms with Crippen molar-refractivity contribution in [2.24, 2.45) is 5.92 Å². The van der Waals surface area contributed by atoms with Crippen LogP contribution < -0.4 is 5.32 Å². The Kier molecular flexibility index (Phi) is 6.11. The lowest BCUT2D eigenvalue weighted by Crippen LogP contribution is -2.38. The van der Waals surface area contributed by atoms with E-state index in [2.05, 4.69) is 5.32 Å². The molecular formula is C15H28N2O2. The number of ether oxygens (including phenoxy) is 1. The van der Waals surface area contributed by atoms with Gasteiger partial charge in [0.25, 0.3) is 0 Å². The molecule has 4 nitrogen and oxygen atoms in total. The highest BCUT2D eigenvalue weighted by molar-refractivity contribution is 5.77. The van der Waals surface area contributed by atoms with Gasteiger partial charge in [-0.1, -0.05) is 19.3 Å². The zero-order chi connectivity index (χ0) is 13.5. The number of amides is 1. The van der Waals surface area contributed by atoms with Gasteiger partial charge in [0.1, 0.15) is 6.61 Å². The van der Waals surface area contributed by atoms with Crippen molar-refractivity contribution in [1.82, 2.24) is 10.2 Å².